The van der Waals surface area contributed by atoms with Crippen LogP contribution in [0.3, 0.4) is 0 Å². The second-order valence-electron chi connectivity index (χ2n) is 9.21. The lowest BCUT2D eigenvalue weighted by Gasteiger charge is -2.39. The van der Waals surface area contributed by atoms with Crippen molar-refractivity contribution in [2.75, 3.05) is 13.2 Å². The van der Waals surface area contributed by atoms with Crippen molar-refractivity contribution >= 4 is 11.8 Å². The maximum atomic E-state index is 13.6. The molecule has 5 nitrogen and oxygen atoms in total. The van der Waals surface area contributed by atoms with Gasteiger partial charge in [-0.05, 0) is 49.3 Å². The van der Waals surface area contributed by atoms with Crippen LogP contribution in [-0.4, -0.2) is 31.1 Å². The van der Waals surface area contributed by atoms with Crippen LogP contribution >= 0.6 is 0 Å². The number of carbonyl (C=O) groups excluding carboxylic acids is 2. The van der Waals surface area contributed by atoms with E-state index in [-0.39, 0.29) is 29.7 Å². The highest BCUT2D eigenvalue weighted by Gasteiger charge is 2.43. The number of hydrogen-bond acceptors (Lipinski definition) is 5. The van der Waals surface area contributed by atoms with Gasteiger partial charge in [0.1, 0.15) is 12.4 Å². The average molecular weight is 413 g/mol. The molecule has 1 aromatic carbocycles. The van der Waals surface area contributed by atoms with Crippen molar-refractivity contribution in [1.29, 1.82) is 0 Å². The Morgan fingerprint density at radius 2 is 2.00 bits per heavy atom. The molecule has 2 atom stereocenters. The lowest BCUT2D eigenvalue weighted by atomic mass is 9.68. The van der Waals surface area contributed by atoms with Crippen LogP contribution in [0.5, 0.6) is 0 Å². The molecular formula is C24H28FNO4. The normalized spacial score (nSPS) is 25.8. The quantitative estimate of drug-likeness (QED) is 0.752. The smallest absolute Gasteiger partial charge is 0.336 e. The van der Waals surface area contributed by atoms with Gasteiger partial charge in [-0.1, -0.05) is 26.0 Å². The Kier molecular flexibility index (Phi) is 5.53. The van der Waals surface area contributed by atoms with E-state index in [1.807, 2.05) is 6.92 Å². The topological polar surface area (TPSA) is 64.6 Å². The Bertz CT molecular complexity index is 923. The Hall–Kier alpha value is -2.47. The minimum absolute atomic E-state index is 0.0139. The van der Waals surface area contributed by atoms with Crippen LogP contribution in [0.1, 0.15) is 57.9 Å². The van der Waals surface area contributed by atoms with Crippen LogP contribution in [0.15, 0.2) is 46.8 Å². The number of allylic oxidation sites excluding steroid dienone is 3. The average Bonchev–Trinajstić information content (AvgIpc) is 3.18. The number of benzene rings is 1. The summed E-state index contributed by atoms with van der Waals surface area (Å²) < 4.78 is 24.7. The van der Waals surface area contributed by atoms with Crippen LogP contribution in [0.25, 0.3) is 0 Å². The Labute approximate surface area is 176 Å². The Morgan fingerprint density at radius 3 is 2.67 bits per heavy atom. The molecule has 2 aliphatic heterocycles. The second kappa shape index (κ2) is 7.99. The van der Waals surface area contributed by atoms with Crippen molar-refractivity contribution < 1.29 is 23.5 Å². The van der Waals surface area contributed by atoms with Crippen LogP contribution in [0, 0.1) is 11.2 Å². The van der Waals surface area contributed by atoms with Crippen LogP contribution < -0.4 is 5.32 Å². The molecule has 1 aromatic rings. The summed E-state index contributed by atoms with van der Waals surface area (Å²) in [5.74, 6) is -1.38. The van der Waals surface area contributed by atoms with Gasteiger partial charge in [-0.25, -0.2) is 9.18 Å². The van der Waals surface area contributed by atoms with Gasteiger partial charge in [0.25, 0.3) is 0 Å². The van der Waals surface area contributed by atoms with E-state index in [0.717, 1.165) is 18.5 Å². The lowest BCUT2D eigenvalue weighted by Crippen LogP contribution is -2.39. The number of nitrogens with one attached hydrogen (secondary N) is 1. The predicted molar refractivity (Wildman–Crippen MR) is 110 cm³/mol. The van der Waals surface area contributed by atoms with Gasteiger partial charge in [0.2, 0.25) is 0 Å². The zero-order chi connectivity index (χ0) is 21.5. The van der Waals surface area contributed by atoms with Gasteiger partial charge in [0.05, 0.1) is 11.7 Å². The molecule has 4 rings (SSSR count). The van der Waals surface area contributed by atoms with E-state index in [0.29, 0.717) is 41.9 Å². The fourth-order valence-electron chi connectivity index (χ4n) is 4.72. The van der Waals surface area contributed by atoms with Crippen molar-refractivity contribution in [2.24, 2.45) is 5.41 Å². The Morgan fingerprint density at radius 1 is 1.27 bits per heavy atom. The molecule has 3 aliphatic rings. The summed E-state index contributed by atoms with van der Waals surface area (Å²) in [6.07, 6.45) is 2.87. The highest BCUT2D eigenvalue weighted by atomic mass is 19.1. The van der Waals surface area contributed by atoms with E-state index in [4.69, 9.17) is 9.47 Å². The fourth-order valence-corrected chi connectivity index (χ4v) is 4.72. The summed E-state index contributed by atoms with van der Waals surface area (Å²) in [6.45, 7) is 6.83. The highest BCUT2D eigenvalue weighted by molar-refractivity contribution is 6.04. The van der Waals surface area contributed by atoms with Crippen molar-refractivity contribution in [3.05, 3.63) is 58.2 Å². The number of ketones is 1. The summed E-state index contributed by atoms with van der Waals surface area (Å²) in [5, 5.41) is 3.31. The molecule has 0 amide bonds. The van der Waals surface area contributed by atoms with E-state index in [1.54, 1.807) is 12.1 Å². The minimum Gasteiger partial charge on any atom is -0.459 e. The summed E-state index contributed by atoms with van der Waals surface area (Å²) in [6, 6.07) is 6.01. The van der Waals surface area contributed by atoms with E-state index >= 15 is 0 Å². The number of hydrogen-bond donors (Lipinski definition) is 1. The number of esters is 1. The number of carbonyl (C=O) groups is 2. The summed E-state index contributed by atoms with van der Waals surface area (Å²) in [7, 11) is 0. The van der Waals surface area contributed by atoms with E-state index in [2.05, 4.69) is 19.2 Å². The predicted octanol–water partition coefficient (Wildman–Crippen LogP) is 4.15. The molecule has 2 heterocycles. The van der Waals surface area contributed by atoms with Gasteiger partial charge < -0.3 is 14.8 Å². The van der Waals surface area contributed by atoms with Gasteiger partial charge in [-0.15, -0.1) is 0 Å². The van der Waals surface area contributed by atoms with E-state index < -0.39 is 11.9 Å². The third-order valence-electron chi connectivity index (χ3n) is 6.09. The largest absolute Gasteiger partial charge is 0.459 e. The van der Waals surface area contributed by atoms with Crippen LogP contribution in [-0.2, 0) is 19.1 Å². The molecule has 0 spiro atoms. The number of Topliss-reactive ketones (excluding diaryl/α,β-unsaturated/α-hetero) is 1. The molecule has 0 aromatic heterocycles. The standard InChI is InChI=1S/C24H28FNO4/c1-14-20(23(28)30-13-17-5-4-10-29-17)21(15-6-8-16(25)9-7-15)22-18(26-14)11-24(2,3)12-19(22)27/h6-9,17,21,26H,4-5,10-13H2,1-3H3/t17-,21+/m0/s1. The first-order valence-corrected chi connectivity index (χ1v) is 10.5. The van der Waals surface area contributed by atoms with Crippen molar-refractivity contribution in [2.45, 2.75) is 58.5 Å². The van der Waals surface area contributed by atoms with E-state index in [9.17, 15) is 14.0 Å². The first-order chi connectivity index (χ1) is 14.2. The third-order valence-corrected chi connectivity index (χ3v) is 6.09. The van der Waals surface area contributed by atoms with Crippen molar-refractivity contribution in [3.63, 3.8) is 0 Å². The monoisotopic (exact) mass is 413 g/mol. The van der Waals surface area contributed by atoms with Gasteiger partial charge in [-0.2, -0.15) is 0 Å². The number of dihydropyridines is 1. The number of ether oxygens (including phenoxy) is 2. The molecule has 0 saturated carbocycles. The zero-order valence-electron chi connectivity index (χ0n) is 17.7. The van der Waals surface area contributed by atoms with Gasteiger partial charge in [0, 0.05) is 35.9 Å². The van der Waals surface area contributed by atoms with Gasteiger partial charge >= 0.3 is 5.97 Å². The SMILES string of the molecule is CC1=C(C(=O)OC[C@@H]2CCCO2)[C@@H](c2ccc(F)cc2)C2=C(CC(C)(C)CC2=O)N1. The number of rotatable bonds is 4. The first-order valence-electron chi connectivity index (χ1n) is 10.5. The second-order valence-corrected chi connectivity index (χ2v) is 9.21. The molecule has 1 saturated heterocycles. The zero-order valence-corrected chi connectivity index (χ0v) is 17.7. The summed E-state index contributed by atoms with van der Waals surface area (Å²) in [4.78, 5) is 26.3. The lowest BCUT2D eigenvalue weighted by molar-refractivity contribution is -0.142. The van der Waals surface area contributed by atoms with Crippen molar-refractivity contribution in [1.82, 2.24) is 5.32 Å². The Balaban J connectivity index is 1.71. The molecule has 0 unspecified atom stereocenters. The van der Waals surface area contributed by atoms with Gasteiger partial charge in [0.15, 0.2) is 5.78 Å². The molecule has 30 heavy (non-hydrogen) atoms. The maximum Gasteiger partial charge on any atom is 0.336 e. The van der Waals surface area contributed by atoms with Gasteiger partial charge in [-0.3, -0.25) is 4.79 Å². The molecular weight excluding hydrogens is 385 g/mol. The highest BCUT2D eigenvalue weighted by Crippen LogP contribution is 2.46. The summed E-state index contributed by atoms with van der Waals surface area (Å²) in [5.41, 5.74) is 3.07. The summed E-state index contributed by atoms with van der Waals surface area (Å²) >= 11 is 0. The molecule has 6 heteroatoms. The van der Waals surface area contributed by atoms with Crippen LogP contribution in [0.4, 0.5) is 4.39 Å². The minimum atomic E-state index is -0.567. The molecule has 0 radical (unpaired) electrons. The third kappa shape index (κ3) is 4.06. The molecule has 160 valence electrons. The number of halogens is 1. The molecule has 0 bridgehead atoms. The van der Waals surface area contributed by atoms with E-state index in [1.165, 1.54) is 12.1 Å². The van der Waals surface area contributed by atoms with Crippen LogP contribution in [0.2, 0.25) is 0 Å². The maximum absolute atomic E-state index is 13.6. The van der Waals surface area contributed by atoms with Crippen molar-refractivity contribution in [3.8, 4) is 0 Å². The first kappa shape index (κ1) is 20.8. The molecule has 1 fully saturated rings. The molecule has 1 aliphatic carbocycles. The molecule has 1 N–H and O–H groups in total. The fraction of sp³-hybridized carbons (Fsp3) is 0.500.